The van der Waals surface area contributed by atoms with Gasteiger partial charge in [-0.15, -0.1) is 6.58 Å². The molecule has 2 heterocycles. The first kappa shape index (κ1) is 13.5. The quantitative estimate of drug-likeness (QED) is 0.709. The van der Waals surface area contributed by atoms with Crippen LogP contribution in [-0.4, -0.2) is 64.8 Å². The topological polar surface area (TPSA) is 77.2 Å². The van der Waals surface area contributed by atoms with Crippen LogP contribution >= 0.6 is 0 Å². The summed E-state index contributed by atoms with van der Waals surface area (Å²) < 4.78 is 0. The van der Waals surface area contributed by atoms with Gasteiger partial charge in [-0.2, -0.15) is 10.1 Å². The molecule has 0 saturated carbocycles. The van der Waals surface area contributed by atoms with Gasteiger partial charge in [0, 0.05) is 32.7 Å². The second-order valence-corrected chi connectivity index (χ2v) is 4.54. The Hall–Kier alpha value is -1.89. The van der Waals surface area contributed by atoms with E-state index in [0.29, 0.717) is 6.54 Å². The third-order valence-electron chi connectivity index (χ3n) is 3.36. The maximum Gasteiger partial charge on any atom is 0.237 e. The SMILES string of the molecule is C=CCNC(=O)[C@@H](C)N1CCN(c2ncn[nH]2)CC1. The van der Waals surface area contributed by atoms with Crippen LogP contribution in [0.25, 0.3) is 0 Å². The van der Waals surface area contributed by atoms with Crippen molar-refractivity contribution in [2.24, 2.45) is 0 Å². The molecular weight excluding hydrogens is 244 g/mol. The van der Waals surface area contributed by atoms with Gasteiger partial charge in [-0.3, -0.25) is 9.69 Å². The molecule has 0 aromatic carbocycles. The number of anilines is 1. The number of piperazine rings is 1. The number of aromatic amines is 1. The lowest BCUT2D eigenvalue weighted by Gasteiger charge is -2.37. The van der Waals surface area contributed by atoms with Crippen LogP contribution in [0.2, 0.25) is 0 Å². The molecule has 1 aromatic heterocycles. The van der Waals surface area contributed by atoms with Crippen LogP contribution < -0.4 is 10.2 Å². The van der Waals surface area contributed by atoms with E-state index in [-0.39, 0.29) is 11.9 Å². The van der Waals surface area contributed by atoms with Crippen LogP contribution in [-0.2, 0) is 4.79 Å². The van der Waals surface area contributed by atoms with E-state index in [9.17, 15) is 4.79 Å². The largest absolute Gasteiger partial charge is 0.351 e. The molecule has 1 fully saturated rings. The number of hydrogen-bond donors (Lipinski definition) is 2. The van der Waals surface area contributed by atoms with E-state index in [2.05, 4.69) is 36.9 Å². The monoisotopic (exact) mass is 264 g/mol. The fourth-order valence-electron chi connectivity index (χ4n) is 2.16. The molecular formula is C12H20N6O. The predicted octanol–water partition coefficient (Wildman–Crippen LogP) is -0.383. The summed E-state index contributed by atoms with van der Waals surface area (Å²) in [6.07, 6.45) is 3.19. The molecule has 1 aromatic rings. The van der Waals surface area contributed by atoms with Gasteiger partial charge in [0.15, 0.2) is 0 Å². The first-order valence-corrected chi connectivity index (χ1v) is 6.45. The summed E-state index contributed by atoms with van der Waals surface area (Å²) >= 11 is 0. The lowest BCUT2D eigenvalue weighted by Crippen LogP contribution is -2.54. The van der Waals surface area contributed by atoms with E-state index in [0.717, 1.165) is 32.1 Å². The number of carbonyl (C=O) groups is 1. The lowest BCUT2D eigenvalue weighted by atomic mass is 10.2. The number of rotatable bonds is 5. The van der Waals surface area contributed by atoms with E-state index >= 15 is 0 Å². The van der Waals surface area contributed by atoms with Crippen LogP contribution in [0.4, 0.5) is 5.95 Å². The molecule has 104 valence electrons. The van der Waals surface area contributed by atoms with E-state index in [1.807, 2.05) is 6.92 Å². The summed E-state index contributed by atoms with van der Waals surface area (Å²) in [6.45, 7) is 9.40. The highest BCUT2D eigenvalue weighted by atomic mass is 16.2. The van der Waals surface area contributed by atoms with Gasteiger partial charge < -0.3 is 10.2 Å². The Balaban J connectivity index is 1.82. The average molecular weight is 264 g/mol. The molecule has 0 unspecified atom stereocenters. The molecule has 2 N–H and O–H groups in total. The van der Waals surface area contributed by atoms with Crippen LogP contribution in [0.3, 0.4) is 0 Å². The van der Waals surface area contributed by atoms with Crippen molar-refractivity contribution in [1.29, 1.82) is 0 Å². The zero-order valence-corrected chi connectivity index (χ0v) is 11.2. The summed E-state index contributed by atoms with van der Waals surface area (Å²) in [7, 11) is 0. The molecule has 0 aliphatic carbocycles. The minimum Gasteiger partial charge on any atom is -0.351 e. The van der Waals surface area contributed by atoms with Gasteiger partial charge in [0.1, 0.15) is 6.33 Å². The smallest absolute Gasteiger partial charge is 0.237 e. The zero-order valence-electron chi connectivity index (χ0n) is 11.2. The summed E-state index contributed by atoms with van der Waals surface area (Å²) in [6, 6.07) is -0.114. The first-order chi connectivity index (χ1) is 9.22. The highest BCUT2D eigenvalue weighted by molar-refractivity contribution is 5.81. The fraction of sp³-hybridized carbons (Fsp3) is 0.583. The molecule has 1 atom stereocenters. The molecule has 7 heteroatoms. The van der Waals surface area contributed by atoms with Crippen molar-refractivity contribution >= 4 is 11.9 Å². The molecule has 0 radical (unpaired) electrons. The Bertz CT molecular complexity index is 410. The van der Waals surface area contributed by atoms with Crippen molar-refractivity contribution in [3.63, 3.8) is 0 Å². The normalized spacial score (nSPS) is 18.1. The van der Waals surface area contributed by atoms with Crippen LogP contribution in [0.1, 0.15) is 6.92 Å². The van der Waals surface area contributed by atoms with E-state index in [1.54, 1.807) is 6.08 Å². The highest BCUT2D eigenvalue weighted by Crippen LogP contribution is 2.11. The predicted molar refractivity (Wildman–Crippen MR) is 72.8 cm³/mol. The number of nitrogens with zero attached hydrogens (tertiary/aromatic N) is 4. The van der Waals surface area contributed by atoms with E-state index in [1.165, 1.54) is 6.33 Å². The van der Waals surface area contributed by atoms with Gasteiger partial charge >= 0.3 is 0 Å². The number of aromatic nitrogens is 3. The number of carbonyl (C=O) groups excluding carboxylic acids is 1. The van der Waals surface area contributed by atoms with Crippen molar-refractivity contribution in [2.75, 3.05) is 37.6 Å². The molecule has 1 amide bonds. The summed E-state index contributed by atoms with van der Waals surface area (Å²) in [5.74, 6) is 0.844. The van der Waals surface area contributed by atoms with Crippen molar-refractivity contribution < 1.29 is 4.79 Å². The summed E-state index contributed by atoms with van der Waals surface area (Å²) in [5.41, 5.74) is 0. The van der Waals surface area contributed by atoms with Crippen LogP contribution in [0.15, 0.2) is 19.0 Å². The van der Waals surface area contributed by atoms with Crippen molar-refractivity contribution in [3.8, 4) is 0 Å². The molecule has 1 aliphatic heterocycles. The Labute approximate surface area is 112 Å². The van der Waals surface area contributed by atoms with Crippen LogP contribution in [0.5, 0.6) is 0 Å². The second-order valence-electron chi connectivity index (χ2n) is 4.54. The Morgan fingerprint density at radius 2 is 2.32 bits per heavy atom. The fourth-order valence-corrected chi connectivity index (χ4v) is 2.16. The Kier molecular flexibility index (Phi) is 4.51. The second kappa shape index (κ2) is 6.33. The molecule has 0 bridgehead atoms. The Morgan fingerprint density at radius 1 is 1.58 bits per heavy atom. The van der Waals surface area contributed by atoms with Gasteiger partial charge in [-0.1, -0.05) is 6.08 Å². The third kappa shape index (κ3) is 3.31. The number of amides is 1. The molecule has 0 spiro atoms. The number of H-pyrrole nitrogens is 1. The van der Waals surface area contributed by atoms with Crippen molar-refractivity contribution in [1.82, 2.24) is 25.4 Å². The molecule has 1 aliphatic rings. The molecule has 2 rings (SSSR count). The minimum atomic E-state index is -0.114. The first-order valence-electron chi connectivity index (χ1n) is 6.45. The molecule has 19 heavy (non-hydrogen) atoms. The van der Waals surface area contributed by atoms with Gasteiger partial charge in [-0.05, 0) is 6.92 Å². The van der Waals surface area contributed by atoms with Gasteiger partial charge in [0.25, 0.3) is 0 Å². The molecule has 1 saturated heterocycles. The van der Waals surface area contributed by atoms with E-state index in [4.69, 9.17) is 0 Å². The minimum absolute atomic E-state index is 0.0491. The number of nitrogens with one attached hydrogen (secondary N) is 2. The van der Waals surface area contributed by atoms with Crippen LogP contribution in [0, 0.1) is 0 Å². The molecule has 7 nitrogen and oxygen atoms in total. The zero-order chi connectivity index (χ0) is 13.7. The van der Waals surface area contributed by atoms with Gasteiger partial charge in [0.2, 0.25) is 11.9 Å². The van der Waals surface area contributed by atoms with Gasteiger partial charge in [0.05, 0.1) is 6.04 Å². The van der Waals surface area contributed by atoms with Gasteiger partial charge in [-0.25, -0.2) is 5.10 Å². The average Bonchev–Trinajstić information content (AvgIpc) is 2.98. The number of hydrogen-bond acceptors (Lipinski definition) is 5. The Morgan fingerprint density at radius 3 is 2.89 bits per heavy atom. The maximum absolute atomic E-state index is 11.9. The van der Waals surface area contributed by atoms with Crippen molar-refractivity contribution in [3.05, 3.63) is 19.0 Å². The highest BCUT2D eigenvalue weighted by Gasteiger charge is 2.25. The van der Waals surface area contributed by atoms with Crippen molar-refractivity contribution in [2.45, 2.75) is 13.0 Å². The maximum atomic E-state index is 11.9. The lowest BCUT2D eigenvalue weighted by molar-refractivity contribution is -0.125. The standard InChI is InChI=1S/C12H20N6O/c1-3-4-13-11(19)10(2)17-5-7-18(8-6-17)12-14-9-15-16-12/h3,9-10H,1,4-8H2,2H3,(H,13,19)(H,14,15,16)/t10-/m1/s1. The summed E-state index contributed by atoms with van der Waals surface area (Å²) in [5, 5.41) is 9.53. The van der Waals surface area contributed by atoms with E-state index < -0.39 is 0 Å². The third-order valence-corrected chi connectivity index (χ3v) is 3.36. The summed E-state index contributed by atoms with van der Waals surface area (Å²) in [4.78, 5) is 20.3.